The fraction of sp³-hybridized carbons (Fsp3) is 0.231. The molecule has 19 heavy (non-hydrogen) atoms. The number of furan rings is 1. The van der Waals surface area contributed by atoms with Crippen LogP contribution >= 0.6 is 15.9 Å². The molecule has 102 valence electrons. The van der Waals surface area contributed by atoms with Gasteiger partial charge in [-0.1, -0.05) is 15.9 Å². The van der Waals surface area contributed by atoms with Crippen LogP contribution in [0.25, 0.3) is 0 Å². The number of halogens is 1. The quantitative estimate of drug-likeness (QED) is 0.856. The largest absolute Gasteiger partial charge is 0.465 e. The maximum absolute atomic E-state index is 12.3. The molecule has 0 amide bonds. The second-order valence-corrected chi connectivity index (χ2v) is 7.19. The van der Waals surface area contributed by atoms with Crippen molar-refractivity contribution in [2.45, 2.75) is 18.4 Å². The number of aryl methyl sites for hydroxylation is 1. The molecule has 0 N–H and O–H groups in total. The minimum Gasteiger partial charge on any atom is -0.465 e. The third-order valence-electron chi connectivity index (χ3n) is 2.70. The van der Waals surface area contributed by atoms with Gasteiger partial charge in [0.25, 0.3) is 0 Å². The van der Waals surface area contributed by atoms with Gasteiger partial charge < -0.3 is 4.42 Å². The Balaban J connectivity index is 2.21. The molecule has 6 heteroatoms. The molecule has 0 fully saturated rings. The molecule has 1 heterocycles. The number of rotatable bonds is 4. The normalized spacial score (nSPS) is 12.0. The standard InChI is InChI=1S/C13H14BrNO3S/c1-10-3-6-12(18-10)9-15(2)19(16,17)13-7-4-11(14)5-8-13/h3-8H,9H2,1-2H3. The van der Waals surface area contributed by atoms with Crippen LogP contribution in [0.5, 0.6) is 0 Å². The topological polar surface area (TPSA) is 50.5 Å². The van der Waals surface area contributed by atoms with Gasteiger partial charge in [0.15, 0.2) is 0 Å². The molecule has 0 saturated carbocycles. The van der Waals surface area contributed by atoms with Crippen molar-refractivity contribution < 1.29 is 12.8 Å². The molecule has 1 aromatic heterocycles. The third kappa shape index (κ3) is 3.26. The first kappa shape index (κ1) is 14.3. The van der Waals surface area contributed by atoms with Crippen LogP contribution in [0.2, 0.25) is 0 Å². The number of sulfonamides is 1. The molecule has 0 aliphatic rings. The van der Waals surface area contributed by atoms with E-state index in [0.717, 1.165) is 10.2 Å². The molecule has 0 radical (unpaired) electrons. The van der Waals surface area contributed by atoms with Crippen LogP contribution in [0, 0.1) is 6.92 Å². The van der Waals surface area contributed by atoms with Gasteiger partial charge in [0, 0.05) is 11.5 Å². The highest BCUT2D eigenvalue weighted by atomic mass is 79.9. The van der Waals surface area contributed by atoms with Crippen molar-refractivity contribution in [3.8, 4) is 0 Å². The summed E-state index contributed by atoms with van der Waals surface area (Å²) in [5.74, 6) is 1.39. The van der Waals surface area contributed by atoms with Crippen LogP contribution < -0.4 is 0 Å². The Morgan fingerprint density at radius 3 is 2.32 bits per heavy atom. The van der Waals surface area contributed by atoms with Gasteiger partial charge in [0.1, 0.15) is 11.5 Å². The summed E-state index contributed by atoms with van der Waals surface area (Å²) >= 11 is 3.28. The van der Waals surface area contributed by atoms with Crippen LogP contribution in [0.4, 0.5) is 0 Å². The van der Waals surface area contributed by atoms with E-state index in [-0.39, 0.29) is 11.4 Å². The number of hydrogen-bond acceptors (Lipinski definition) is 3. The van der Waals surface area contributed by atoms with E-state index in [4.69, 9.17) is 4.42 Å². The van der Waals surface area contributed by atoms with Crippen LogP contribution in [0.3, 0.4) is 0 Å². The summed E-state index contributed by atoms with van der Waals surface area (Å²) in [5.41, 5.74) is 0. The van der Waals surface area contributed by atoms with Crippen LogP contribution in [0.1, 0.15) is 11.5 Å². The van der Waals surface area contributed by atoms with Crippen molar-refractivity contribution in [3.63, 3.8) is 0 Å². The minimum absolute atomic E-state index is 0.215. The number of benzene rings is 1. The molecule has 0 aliphatic heterocycles. The Morgan fingerprint density at radius 1 is 1.16 bits per heavy atom. The predicted octanol–water partition coefficient (Wildman–Crippen LogP) is 3.17. The lowest BCUT2D eigenvalue weighted by Crippen LogP contribution is -2.26. The zero-order valence-electron chi connectivity index (χ0n) is 10.6. The maximum Gasteiger partial charge on any atom is 0.243 e. The van der Waals surface area contributed by atoms with Gasteiger partial charge >= 0.3 is 0 Å². The van der Waals surface area contributed by atoms with E-state index in [0.29, 0.717) is 5.76 Å². The summed E-state index contributed by atoms with van der Waals surface area (Å²) in [6.45, 7) is 2.04. The summed E-state index contributed by atoms with van der Waals surface area (Å²) in [6, 6.07) is 10.2. The van der Waals surface area contributed by atoms with Crippen molar-refractivity contribution in [3.05, 3.63) is 52.4 Å². The van der Waals surface area contributed by atoms with E-state index in [2.05, 4.69) is 15.9 Å². The first-order valence-corrected chi connectivity index (χ1v) is 7.90. The first-order chi connectivity index (χ1) is 8.89. The molecule has 2 rings (SSSR count). The van der Waals surface area contributed by atoms with Crippen LogP contribution in [-0.2, 0) is 16.6 Å². The molecular weight excluding hydrogens is 330 g/mol. The van der Waals surface area contributed by atoms with Gasteiger partial charge in [-0.2, -0.15) is 4.31 Å². The van der Waals surface area contributed by atoms with Crippen molar-refractivity contribution in [1.82, 2.24) is 4.31 Å². The molecule has 0 spiro atoms. The molecule has 0 unspecified atom stereocenters. The van der Waals surface area contributed by atoms with E-state index in [9.17, 15) is 8.42 Å². The van der Waals surface area contributed by atoms with E-state index in [1.165, 1.54) is 11.4 Å². The molecule has 1 aromatic carbocycles. The summed E-state index contributed by atoms with van der Waals surface area (Å²) in [7, 11) is -1.96. The molecule has 0 bridgehead atoms. The van der Waals surface area contributed by atoms with Crippen molar-refractivity contribution in [2.24, 2.45) is 0 Å². The lowest BCUT2D eigenvalue weighted by molar-refractivity contribution is 0.397. The molecular formula is C13H14BrNO3S. The Labute approximate surface area is 121 Å². The summed E-state index contributed by atoms with van der Waals surface area (Å²) < 4.78 is 32.2. The van der Waals surface area contributed by atoms with E-state index in [1.54, 1.807) is 30.3 Å². The Morgan fingerprint density at radius 2 is 1.79 bits per heavy atom. The third-order valence-corrected chi connectivity index (χ3v) is 5.04. The SMILES string of the molecule is Cc1ccc(CN(C)S(=O)(=O)c2ccc(Br)cc2)o1. The summed E-state index contributed by atoms with van der Waals surface area (Å²) in [6.07, 6.45) is 0. The van der Waals surface area contributed by atoms with Gasteiger partial charge in [-0.05, 0) is 43.3 Å². The lowest BCUT2D eigenvalue weighted by atomic mass is 10.4. The second-order valence-electron chi connectivity index (χ2n) is 4.23. The summed E-state index contributed by atoms with van der Waals surface area (Å²) in [5, 5.41) is 0. The molecule has 0 saturated heterocycles. The van der Waals surface area contributed by atoms with Gasteiger partial charge in [-0.15, -0.1) is 0 Å². The number of nitrogens with zero attached hydrogens (tertiary/aromatic N) is 1. The average Bonchev–Trinajstić information content (AvgIpc) is 2.75. The fourth-order valence-electron chi connectivity index (χ4n) is 1.66. The predicted molar refractivity (Wildman–Crippen MR) is 76.2 cm³/mol. The maximum atomic E-state index is 12.3. The van der Waals surface area contributed by atoms with Crippen molar-refractivity contribution in [1.29, 1.82) is 0 Å². The van der Waals surface area contributed by atoms with E-state index in [1.807, 2.05) is 13.0 Å². The van der Waals surface area contributed by atoms with Gasteiger partial charge in [0.05, 0.1) is 11.4 Å². The smallest absolute Gasteiger partial charge is 0.243 e. The van der Waals surface area contributed by atoms with Crippen LogP contribution in [0.15, 0.2) is 50.2 Å². The molecule has 0 atom stereocenters. The molecule has 0 aliphatic carbocycles. The minimum atomic E-state index is -3.49. The Bertz CT molecular complexity index is 661. The number of hydrogen-bond donors (Lipinski definition) is 0. The van der Waals surface area contributed by atoms with E-state index >= 15 is 0 Å². The van der Waals surface area contributed by atoms with Gasteiger partial charge in [-0.25, -0.2) is 8.42 Å². The first-order valence-electron chi connectivity index (χ1n) is 5.67. The van der Waals surface area contributed by atoms with Crippen LogP contribution in [-0.4, -0.2) is 19.8 Å². The second kappa shape index (κ2) is 5.48. The lowest BCUT2D eigenvalue weighted by Gasteiger charge is -2.15. The highest BCUT2D eigenvalue weighted by molar-refractivity contribution is 9.10. The average molecular weight is 344 g/mol. The monoisotopic (exact) mass is 343 g/mol. The van der Waals surface area contributed by atoms with Gasteiger partial charge in [0.2, 0.25) is 10.0 Å². The molecule has 2 aromatic rings. The highest BCUT2D eigenvalue weighted by Gasteiger charge is 2.21. The van der Waals surface area contributed by atoms with Gasteiger partial charge in [-0.3, -0.25) is 0 Å². The fourth-order valence-corrected chi connectivity index (χ4v) is 3.06. The van der Waals surface area contributed by atoms with E-state index < -0.39 is 10.0 Å². The highest BCUT2D eigenvalue weighted by Crippen LogP contribution is 2.20. The zero-order chi connectivity index (χ0) is 14.0. The van der Waals surface area contributed by atoms with Crippen molar-refractivity contribution >= 4 is 26.0 Å². The zero-order valence-corrected chi connectivity index (χ0v) is 13.0. The molecule has 4 nitrogen and oxygen atoms in total. The Hall–Kier alpha value is -1.11. The Kier molecular flexibility index (Phi) is 4.13. The summed E-state index contributed by atoms with van der Waals surface area (Å²) in [4.78, 5) is 0.265. The van der Waals surface area contributed by atoms with Crippen molar-refractivity contribution in [2.75, 3.05) is 7.05 Å².